The van der Waals surface area contributed by atoms with Crippen LogP contribution in [0.5, 0.6) is 0 Å². The highest BCUT2D eigenvalue weighted by molar-refractivity contribution is 8.77. The van der Waals surface area contributed by atoms with E-state index in [0.717, 1.165) is 0 Å². The van der Waals surface area contributed by atoms with Gasteiger partial charge in [-0.05, 0) is 0 Å². The minimum absolute atomic E-state index is 0.00620. The van der Waals surface area contributed by atoms with Crippen molar-refractivity contribution >= 4 is 21.6 Å². The monoisotopic (exact) mass is 214 g/mol. The Bertz CT molecular complexity index is 121. The van der Waals surface area contributed by atoms with E-state index >= 15 is 0 Å². The van der Waals surface area contributed by atoms with Crippen LogP contribution in [-0.4, -0.2) is 16.4 Å². The van der Waals surface area contributed by atoms with Crippen LogP contribution in [0, 0.1) is 0 Å². The first kappa shape index (κ1) is 12.6. The molecule has 0 amide bonds. The molecule has 0 rings (SSSR count). The molecule has 0 heterocycles. The van der Waals surface area contributed by atoms with Gasteiger partial charge in [0.2, 0.25) is 6.43 Å². The van der Waals surface area contributed by atoms with Crippen molar-refractivity contribution in [1.82, 2.24) is 0 Å². The molecular formula is C8H16F2S2. The standard InChI is InChI=1S/C8H16F2S2/c1-6(5-7(9)10)11-12-8(2,3)4/h6-7H,5H2,1-4H3. The van der Waals surface area contributed by atoms with Gasteiger partial charge in [0.1, 0.15) is 0 Å². The summed E-state index contributed by atoms with van der Waals surface area (Å²) < 4.78 is 23.9. The van der Waals surface area contributed by atoms with Gasteiger partial charge in [-0.2, -0.15) is 0 Å². The largest absolute Gasteiger partial charge is 0.239 e. The van der Waals surface area contributed by atoms with Crippen molar-refractivity contribution in [2.45, 2.75) is 50.5 Å². The zero-order valence-electron chi connectivity index (χ0n) is 7.93. The smallest absolute Gasteiger partial charge is 0.210 e. The summed E-state index contributed by atoms with van der Waals surface area (Å²) >= 11 is 0. The summed E-state index contributed by atoms with van der Waals surface area (Å²) in [6, 6.07) is 0. The number of hydrogen-bond donors (Lipinski definition) is 0. The van der Waals surface area contributed by atoms with Crippen LogP contribution in [0.3, 0.4) is 0 Å². The van der Waals surface area contributed by atoms with Crippen molar-refractivity contribution in [3.05, 3.63) is 0 Å². The molecule has 0 aromatic carbocycles. The van der Waals surface area contributed by atoms with Gasteiger partial charge in [-0.25, -0.2) is 8.78 Å². The van der Waals surface area contributed by atoms with E-state index in [0.29, 0.717) is 0 Å². The Balaban J connectivity index is 3.51. The van der Waals surface area contributed by atoms with Crippen molar-refractivity contribution in [2.75, 3.05) is 0 Å². The van der Waals surface area contributed by atoms with Crippen molar-refractivity contribution in [2.24, 2.45) is 0 Å². The second-order valence-corrected chi connectivity index (χ2v) is 7.20. The normalized spacial score (nSPS) is 15.2. The number of hydrogen-bond acceptors (Lipinski definition) is 2. The predicted molar refractivity (Wildman–Crippen MR) is 55.0 cm³/mol. The number of rotatable bonds is 4. The molecule has 0 saturated heterocycles. The van der Waals surface area contributed by atoms with Crippen LogP contribution in [0.2, 0.25) is 0 Å². The molecule has 0 aliphatic carbocycles. The first-order valence-corrected chi connectivity index (χ1v) is 6.15. The Morgan fingerprint density at radius 1 is 1.25 bits per heavy atom. The van der Waals surface area contributed by atoms with E-state index in [2.05, 4.69) is 20.8 Å². The molecule has 0 aromatic heterocycles. The molecule has 0 aliphatic heterocycles. The SMILES string of the molecule is CC(CC(F)F)SSC(C)(C)C. The van der Waals surface area contributed by atoms with Gasteiger partial charge < -0.3 is 0 Å². The van der Waals surface area contributed by atoms with Gasteiger partial charge in [0, 0.05) is 16.4 Å². The lowest BCUT2D eigenvalue weighted by Gasteiger charge is -2.19. The third-order valence-corrected chi connectivity index (χ3v) is 4.86. The van der Waals surface area contributed by atoms with Crippen LogP contribution in [0.25, 0.3) is 0 Å². The van der Waals surface area contributed by atoms with Gasteiger partial charge in [0.15, 0.2) is 0 Å². The van der Waals surface area contributed by atoms with Gasteiger partial charge in [-0.3, -0.25) is 0 Å². The summed E-state index contributed by atoms with van der Waals surface area (Å²) in [5.41, 5.74) is 0. The molecule has 1 atom stereocenters. The average Bonchev–Trinajstić information content (AvgIpc) is 1.80. The molecule has 0 radical (unpaired) electrons. The van der Waals surface area contributed by atoms with Crippen LogP contribution in [0.4, 0.5) is 8.78 Å². The van der Waals surface area contributed by atoms with E-state index in [-0.39, 0.29) is 16.4 Å². The lowest BCUT2D eigenvalue weighted by atomic mass is 10.3. The summed E-state index contributed by atoms with van der Waals surface area (Å²) in [7, 11) is 3.22. The Labute approximate surface area is 81.3 Å². The molecular weight excluding hydrogens is 198 g/mol. The van der Waals surface area contributed by atoms with E-state index in [1.54, 1.807) is 21.6 Å². The molecule has 74 valence electrons. The molecule has 0 nitrogen and oxygen atoms in total. The fraction of sp³-hybridized carbons (Fsp3) is 1.00. The van der Waals surface area contributed by atoms with Crippen LogP contribution in [0.15, 0.2) is 0 Å². The van der Waals surface area contributed by atoms with Crippen molar-refractivity contribution < 1.29 is 8.78 Å². The predicted octanol–water partition coefficient (Wildman–Crippen LogP) is 4.21. The van der Waals surface area contributed by atoms with Gasteiger partial charge in [-0.1, -0.05) is 49.3 Å². The highest BCUT2D eigenvalue weighted by Gasteiger charge is 2.16. The van der Waals surface area contributed by atoms with Crippen LogP contribution >= 0.6 is 21.6 Å². The minimum Gasteiger partial charge on any atom is -0.210 e. The van der Waals surface area contributed by atoms with E-state index in [1.807, 2.05) is 6.92 Å². The first-order chi connectivity index (χ1) is 5.31. The van der Waals surface area contributed by atoms with Gasteiger partial charge in [0.25, 0.3) is 0 Å². The molecule has 12 heavy (non-hydrogen) atoms. The second kappa shape index (κ2) is 5.32. The second-order valence-electron chi connectivity index (χ2n) is 3.73. The number of halogens is 2. The van der Waals surface area contributed by atoms with E-state index in [1.165, 1.54) is 0 Å². The molecule has 0 bridgehead atoms. The van der Waals surface area contributed by atoms with Crippen molar-refractivity contribution in [3.8, 4) is 0 Å². The third-order valence-electron chi connectivity index (χ3n) is 0.972. The maximum Gasteiger partial charge on any atom is 0.239 e. The average molecular weight is 214 g/mol. The van der Waals surface area contributed by atoms with Crippen molar-refractivity contribution in [1.29, 1.82) is 0 Å². The number of alkyl halides is 2. The Morgan fingerprint density at radius 2 is 1.75 bits per heavy atom. The maximum atomic E-state index is 11.9. The van der Waals surface area contributed by atoms with Gasteiger partial charge >= 0.3 is 0 Å². The Morgan fingerprint density at radius 3 is 2.08 bits per heavy atom. The Kier molecular flexibility index (Phi) is 5.57. The lowest BCUT2D eigenvalue weighted by molar-refractivity contribution is 0.138. The van der Waals surface area contributed by atoms with E-state index in [9.17, 15) is 8.78 Å². The Hall–Kier alpha value is 0.560. The lowest BCUT2D eigenvalue weighted by Crippen LogP contribution is -2.08. The quantitative estimate of drug-likeness (QED) is 0.643. The summed E-state index contributed by atoms with van der Waals surface area (Å²) in [5, 5.41) is 0.0363. The molecule has 4 heteroatoms. The highest BCUT2D eigenvalue weighted by atomic mass is 33.1. The van der Waals surface area contributed by atoms with Crippen LogP contribution < -0.4 is 0 Å². The van der Waals surface area contributed by atoms with E-state index < -0.39 is 6.43 Å². The van der Waals surface area contributed by atoms with Gasteiger partial charge in [-0.15, -0.1) is 0 Å². The summed E-state index contributed by atoms with van der Waals surface area (Å²) in [6.07, 6.45) is -2.18. The molecule has 0 fully saturated rings. The fourth-order valence-electron chi connectivity index (χ4n) is 0.517. The molecule has 0 aromatic rings. The summed E-state index contributed by atoms with van der Waals surface area (Å²) in [5.74, 6) is 0. The fourth-order valence-corrected chi connectivity index (χ4v) is 2.79. The molecule has 0 saturated carbocycles. The molecule has 0 N–H and O–H groups in total. The third kappa shape index (κ3) is 8.65. The highest BCUT2D eigenvalue weighted by Crippen LogP contribution is 2.39. The van der Waals surface area contributed by atoms with Crippen LogP contribution in [0.1, 0.15) is 34.1 Å². The van der Waals surface area contributed by atoms with E-state index in [4.69, 9.17) is 0 Å². The first-order valence-electron chi connectivity index (χ1n) is 3.94. The van der Waals surface area contributed by atoms with Crippen molar-refractivity contribution in [3.63, 3.8) is 0 Å². The minimum atomic E-state index is -2.17. The molecule has 0 spiro atoms. The summed E-state index contributed by atoms with van der Waals surface area (Å²) in [6.45, 7) is 8.09. The zero-order chi connectivity index (χ0) is 9.78. The molecule has 1 unspecified atom stereocenters. The topological polar surface area (TPSA) is 0 Å². The summed E-state index contributed by atoms with van der Waals surface area (Å²) in [4.78, 5) is 0. The van der Waals surface area contributed by atoms with Gasteiger partial charge in [0.05, 0.1) is 0 Å². The maximum absolute atomic E-state index is 11.9. The zero-order valence-corrected chi connectivity index (χ0v) is 9.57. The van der Waals surface area contributed by atoms with Crippen LogP contribution in [-0.2, 0) is 0 Å². The molecule has 0 aliphatic rings.